The zero-order valence-electron chi connectivity index (χ0n) is 15.6. The smallest absolute Gasteiger partial charge is 0.418 e. The molecule has 28 heavy (non-hydrogen) atoms. The minimum Gasteiger partial charge on any atom is -0.482 e. The van der Waals surface area contributed by atoms with Crippen LogP contribution in [0.1, 0.15) is 23.6 Å². The van der Waals surface area contributed by atoms with Crippen LogP contribution in [0.25, 0.3) is 0 Å². The van der Waals surface area contributed by atoms with E-state index in [0.717, 1.165) is 23.3 Å². The molecule has 0 aromatic heterocycles. The predicted octanol–water partition coefficient (Wildman–Crippen LogP) is 4.27. The summed E-state index contributed by atoms with van der Waals surface area (Å²) in [5.74, 6) is -1.18. The van der Waals surface area contributed by atoms with Crippen molar-refractivity contribution < 1.29 is 32.2 Å². The predicted molar refractivity (Wildman–Crippen MR) is 97.0 cm³/mol. The highest BCUT2D eigenvalue weighted by Crippen LogP contribution is 2.34. The first-order chi connectivity index (χ1) is 13.1. The third-order valence-corrected chi connectivity index (χ3v) is 4.07. The van der Waals surface area contributed by atoms with Crippen molar-refractivity contribution in [3.05, 3.63) is 59.2 Å². The van der Waals surface area contributed by atoms with Crippen LogP contribution in [0.15, 0.2) is 42.5 Å². The van der Waals surface area contributed by atoms with E-state index in [1.165, 1.54) is 19.1 Å². The normalized spacial score (nSPS) is 12.2. The molecule has 0 aliphatic carbocycles. The average molecular weight is 395 g/mol. The Hall–Kier alpha value is -3.03. The number of amides is 1. The van der Waals surface area contributed by atoms with E-state index in [1.807, 2.05) is 19.9 Å². The fourth-order valence-corrected chi connectivity index (χ4v) is 2.38. The van der Waals surface area contributed by atoms with Crippen LogP contribution in [0.2, 0.25) is 0 Å². The molecule has 0 fully saturated rings. The van der Waals surface area contributed by atoms with Crippen LogP contribution in [0.4, 0.5) is 18.9 Å². The molecule has 1 atom stereocenters. The van der Waals surface area contributed by atoms with Gasteiger partial charge in [0.2, 0.25) is 0 Å². The highest BCUT2D eigenvalue weighted by molar-refractivity contribution is 5.95. The second-order valence-corrected chi connectivity index (χ2v) is 6.15. The number of hydrogen-bond acceptors (Lipinski definition) is 4. The lowest BCUT2D eigenvalue weighted by atomic mass is 10.1. The standard InChI is InChI=1S/C20H20F3NO4/c1-12-7-6-10-17(13(12)2)27-11-18(25)28-14(3)19(26)24-16-9-5-4-8-15(16)20(21,22)23/h4-10,14H,11H2,1-3H3,(H,24,26)/t14-/m1/s1. The van der Waals surface area contributed by atoms with Gasteiger partial charge in [-0.2, -0.15) is 13.2 Å². The van der Waals surface area contributed by atoms with Gasteiger partial charge in [0, 0.05) is 0 Å². The lowest BCUT2D eigenvalue weighted by Gasteiger charge is -2.17. The van der Waals surface area contributed by atoms with Crippen LogP contribution in [0.3, 0.4) is 0 Å². The van der Waals surface area contributed by atoms with Crippen molar-refractivity contribution in [2.24, 2.45) is 0 Å². The van der Waals surface area contributed by atoms with Gasteiger partial charge in [0.1, 0.15) is 5.75 Å². The second-order valence-electron chi connectivity index (χ2n) is 6.15. The van der Waals surface area contributed by atoms with Gasteiger partial charge in [-0.25, -0.2) is 4.79 Å². The van der Waals surface area contributed by atoms with E-state index in [-0.39, 0.29) is 0 Å². The van der Waals surface area contributed by atoms with Crippen molar-refractivity contribution in [2.45, 2.75) is 33.1 Å². The zero-order chi connectivity index (χ0) is 20.9. The molecule has 0 aliphatic rings. The maximum absolute atomic E-state index is 13.0. The minimum absolute atomic E-state index is 0.408. The molecule has 0 saturated carbocycles. The van der Waals surface area contributed by atoms with Crippen molar-refractivity contribution in [1.29, 1.82) is 0 Å². The molecule has 2 aromatic rings. The number of rotatable bonds is 6. The molecule has 2 rings (SSSR count). The van der Waals surface area contributed by atoms with E-state index in [9.17, 15) is 22.8 Å². The number of anilines is 1. The molecule has 0 saturated heterocycles. The van der Waals surface area contributed by atoms with Crippen molar-refractivity contribution in [3.8, 4) is 5.75 Å². The average Bonchev–Trinajstić information content (AvgIpc) is 2.62. The van der Waals surface area contributed by atoms with Crippen LogP contribution in [-0.2, 0) is 20.5 Å². The van der Waals surface area contributed by atoms with Crippen molar-refractivity contribution >= 4 is 17.6 Å². The number of carbonyl (C=O) groups is 2. The third kappa shape index (κ3) is 5.48. The Bertz CT molecular complexity index is 865. The van der Waals surface area contributed by atoms with Crippen LogP contribution >= 0.6 is 0 Å². The Morgan fingerprint density at radius 1 is 1.07 bits per heavy atom. The number of carbonyl (C=O) groups excluding carboxylic acids is 2. The first-order valence-corrected chi connectivity index (χ1v) is 8.45. The summed E-state index contributed by atoms with van der Waals surface area (Å²) in [6.07, 6.45) is -5.92. The van der Waals surface area contributed by atoms with E-state index in [0.29, 0.717) is 5.75 Å². The van der Waals surface area contributed by atoms with E-state index < -0.39 is 42.0 Å². The van der Waals surface area contributed by atoms with Crippen LogP contribution < -0.4 is 10.1 Å². The molecule has 5 nitrogen and oxygen atoms in total. The Morgan fingerprint density at radius 2 is 1.75 bits per heavy atom. The Morgan fingerprint density at radius 3 is 2.43 bits per heavy atom. The number of aryl methyl sites for hydroxylation is 1. The monoisotopic (exact) mass is 395 g/mol. The summed E-state index contributed by atoms with van der Waals surface area (Å²) in [5, 5.41) is 2.14. The molecular weight excluding hydrogens is 375 g/mol. The van der Waals surface area contributed by atoms with Gasteiger partial charge in [0.15, 0.2) is 12.7 Å². The van der Waals surface area contributed by atoms with Gasteiger partial charge in [-0.1, -0.05) is 24.3 Å². The summed E-state index contributed by atoms with van der Waals surface area (Å²) in [6, 6.07) is 9.91. The van der Waals surface area contributed by atoms with Crippen LogP contribution in [0.5, 0.6) is 5.75 Å². The van der Waals surface area contributed by atoms with Crippen LogP contribution in [-0.4, -0.2) is 24.6 Å². The summed E-state index contributed by atoms with van der Waals surface area (Å²) < 4.78 is 49.3. The molecule has 0 radical (unpaired) electrons. The molecule has 2 aromatic carbocycles. The number of hydrogen-bond donors (Lipinski definition) is 1. The quantitative estimate of drug-likeness (QED) is 0.742. The zero-order valence-corrected chi connectivity index (χ0v) is 15.6. The van der Waals surface area contributed by atoms with Crippen molar-refractivity contribution in [3.63, 3.8) is 0 Å². The van der Waals surface area contributed by atoms with Gasteiger partial charge in [0.05, 0.1) is 11.3 Å². The number of esters is 1. The van der Waals surface area contributed by atoms with Gasteiger partial charge < -0.3 is 14.8 Å². The largest absolute Gasteiger partial charge is 0.482 e. The highest BCUT2D eigenvalue weighted by atomic mass is 19.4. The number of ether oxygens (including phenoxy) is 2. The van der Waals surface area contributed by atoms with Gasteiger partial charge in [0.25, 0.3) is 5.91 Å². The summed E-state index contributed by atoms with van der Waals surface area (Å²) in [7, 11) is 0. The minimum atomic E-state index is -4.62. The molecule has 1 N–H and O–H groups in total. The van der Waals surface area contributed by atoms with Gasteiger partial charge in [-0.3, -0.25) is 4.79 Å². The van der Waals surface area contributed by atoms with Crippen molar-refractivity contribution in [1.82, 2.24) is 0 Å². The van der Waals surface area contributed by atoms with E-state index in [4.69, 9.17) is 9.47 Å². The SMILES string of the molecule is Cc1cccc(OCC(=O)O[C@H](C)C(=O)Nc2ccccc2C(F)(F)F)c1C. The lowest BCUT2D eigenvalue weighted by molar-refractivity contribution is -0.155. The maximum Gasteiger partial charge on any atom is 0.418 e. The molecule has 0 aliphatic heterocycles. The number of para-hydroxylation sites is 1. The maximum atomic E-state index is 13.0. The second kappa shape index (κ2) is 8.77. The van der Waals surface area contributed by atoms with E-state index in [2.05, 4.69) is 5.32 Å². The summed E-state index contributed by atoms with van der Waals surface area (Å²) in [5.41, 5.74) is 0.460. The molecule has 0 unspecified atom stereocenters. The molecule has 1 amide bonds. The fourth-order valence-electron chi connectivity index (χ4n) is 2.38. The summed E-state index contributed by atoms with van der Waals surface area (Å²) >= 11 is 0. The molecule has 0 spiro atoms. The number of benzene rings is 2. The molecule has 8 heteroatoms. The van der Waals surface area contributed by atoms with Crippen molar-refractivity contribution in [2.75, 3.05) is 11.9 Å². The molecular formula is C20H20F3NO4. The van der Waals surface area contributed by atoms with E-state index >= 15 is 0 Å². The number of nitrogens with one attached hydrogen (secondary N) is 1. The number of alkyl halides is 3. The Balaban J connectivity index is 1.94. The highest BCUT2D eigenvalue weighted by Gasteiger charge is 2.34. The Labute approximate surface area is 160 Å². The number of halogens is 3. The van der Waals surface area contributed by atoms with Gasteiger partial charge in [-0.15, -0.1) is 0 Å². The fraction of sp³-hybridized carbons (Fsp3) is 0.300. The molecule has 0 heterocycles. The first kappa shape index (κ1) is 21.3. The van der Waals surface area contributed by atoms with Crippen LogP contribution in [0, 0.1) is 13.8 Å². The lowest BCUT2D eigenvalue weighted by Crippen LogP contribution is -2.32. The van der Waals surface area contributed by atoms with E-state index in [1.54, 1.807) is 12.1 Å². The third-order valence-electron chi connectivity index (χ3n) is 4.07. The summed E-state index contributed by atoms with van der Waals surface area (Å²) in [4.78, 5) is 24.0. The molecule has 0 bridgehead atoms. The first-order valence-electron chi connectivity index (χ1n) is 8.45. The topological polar surface area (TPSA) is 64.6 Å². The van der Waals surface area contributed by atoms with Gasteiger partial charge >= 0.3 is 12.1 Å². The van der Waals surface area contributed by atoms with Gasteiger partial charge in [-0.05, 0) is 50.1 Å². The Kier molecular flexibility index (Phi) is 6.66. The summed E-state index contributed by atoms with van der Waals surface area (Å²) in [6.45, 7) is 4.57. The molecule has 150 valence electrons.